The molecule has 2 atom stereocenters. The number of aromatic nitrogens is 1. The monoisotopic (exact) mass is 270 g/mol. The summed E-state index contributed by atoms with van der Waals surface area (Å²) in [6, 6.07) is 0. The van der Waals surface area contributed by atoms with Gasteiger partial charge in [0.25, 0.3) is 0 Å². The first kappa shape index (κ1) is 15.6. The van der Waals surface area contributed by atoms with Gasteiger partial charge in [0.15, 0.2) is 0 Å². The van der Waals surface area contributed by atoms with E-state index in [1.165, 1.54) is 9.88 Å². The van der Waals surface area contributed by atoms with Gasteiger partial charge >= 0.3 is 0 Å². The van der Waals surface area contributed by atoms with Gasteiger partial charge in [0.1, 0.15) is 0 Å². The Morgan fingerprint density at radius 2 is 2.11 bits per heavy atom. The molecule has 2 unspecified atom stereocenters. The van der Waals surface area contributed by atoms with Crippen LogP contribution in [0.1, 0.15) is 50.9 Å². The van der Waals surface area contributed by atoms with Gasteiger partial charge in [0.2, 0.25) is 0 Å². The lowest BCUT2D eigenvalue weighted by molar-refractivity contribution is 0.113. The second-order valence-electron chi connectivity index (χ2n) is 5.97. The first-order valence-corrected chi connectivity index (χ1v) is 7.50. The van der Waals surface area contributed by atoms with E-state index in [4.69, 9.17) is 0 Å². The largest absolute Gasteiger partial charge is 0.392 e. The zero-order valence-electron chi connectivity index (χ0n) is 12.2. The van der Waals surface area contributed by atoms with Crippen LogP contribution >= 0.6 is 11.3 Å². The van der Waals surface area contributed by atoms with E-state index in [1.54, 1.807) is 11.3 Å². The minimum Gasteiger partial charge on any atom is -0.392 e. The molecule has 0 aliphatic rings. The van der Waals surface area contributed by atoms with Crippen LogP contribution in [-0.2, 0) is 12.0 Å². The average molecular weight is 270 g/mol. The van der Waals surface area contributed by atoms with Crippen molar-refractivity contribution >= 4 is 11.3 Å². The fraction of sp³-hybridized carbons (Fsp3) is 0.786. The third kappa shape index (κ3) is 4.67. The van der Waals surface area contributed by atoms with E-state index in [0.717, 1.165) is 13.0 Å². The van der Waals surface area contributed by atoms with Crippen molar-refractivity contribution < 1.29 is 5.11 Å². The molecule has 18 heavy (non-hydrogen) atoms. The normalized spacial score (nSPS) is 15.7. The lowest BCUT2D eigenvalue weighted by Gasteiger charge is -2.17. The van der Waals surface area contributed by atoms with Crippen LogP contribution in [0.3, 0.4) is 0 Å². The Balaban J connectivity index is 2.38. The van der Waals surface area contributed by atoms with Crippen LogP contribution in [0, 0.1) is 5.92 Å². The second kappa shape index (κ2) is 6.64. The number of hydrogen-bond acceptors (Lipinski definition) is 4. The summed E-state index contributed by atoms with van der Waals surface area (Å²) in [7, 11) is 0. The van der Waals surface area contributed by atoms with Crippen LogP contribution in [0.25, 0.3) is 0 Å². The minimum absolute atomic E-state index is 0.124. The van der Waals surface area contributed by atoms with Gasteiger partial charge in [-0.3, -0.25) is 0 Å². The molecule has 1 rings (SSSR count). The molecule has 0 saturated carbocycles. The van der Waals surface area contributed by atoms with Crippen molar-refractivity contribution in [1.82, 2.24) is 10.3 Å². The zero-order chi connectivity index (χ0) is 13.8. The summed E-state index contributed by atoms with van der Waals surface area (Å²) in [5, 5.41) is 14.3. The predicted molar refractivity (Wildman–Crippen MR) is 78.0 cm³/mol. The van der Waals surface area contributed by atoms with Crippen LogP contribution in [0.4, 0.5) is 0 Å². The number of thiazole rings is 1. The lowest BCUT2D eigenvalue weighted by atomic mass is 9.98. The summed E-state index contributed by atoms with van der Waals surface area (Å²) >= 11 is 1.75. The third-order valence-corrected chi connectivity index (χ3v) is 4.57. The van der Waals surface area contributed by atoms with Crippen molar-refractivity contribution in [3.8, 4) is 0 Å². The number of hydrogen-bond donors (Lipinski definition) is 2. The SMILES string of the molecule is CCC(C)C(O)CNCc1cnc(C(C)(C)C)s1. The zero-order valence-corrected chi connectivity index (χ0v) is 13.0. The molecule has 0 aliphatic heterocycles. The Morgan fingerprint density at radius 3 is 2.61 bits per heavy atom. The number of rotatable bonds is 6. The van der Waals surface area contributed by atoms with Gasteiger partial charge in [-0.1, -0.05) is 41.0 Å². The summed E-state index contributed by atoms with van der Waals surface area (Å²) in [6.07, 6.45) is 2.69. The van der Waals surface area contributed by atoms with Gasteiger partial charge in [0.05, 0.1) is 11.1 Å². The lowest BCUT2D eigenvalue weighted by Crippen LogP contribution is -2.30. The van der Waals surface area contributed by atoms with Crippen molar-refractivity contribution in [2.24, 2.45) is 5.92 Å². The van der Waals surface area contributed by atoms with Crippen LogP contribution in [-0.4, -0.2) is 22.7 Å². The maximum atomic E-state index is 9.86. The summed E-state index contributed by atoms with van der Waals surface area (Å²) in [5.74, 6) is 0.351. The highest BCUT2D eigenvalue weighted by atomic mass is 32.1. The highest BCUT2D eigenvalue weighted by Crippen LogP contribution is 2.26. The molecule has 104 valence electrons. The molecule has 0 aliphatic carbocycles. The molecule has 0 bridgehead atoms. The predicted octanol–water partition coefficient (Wildman–Crippen LogP) is 2.94. The van der Waals surface area contributed by atoms with Gasteiger partial charge in [-0.15, -0.1) is 11.3 Å². The van der Waals surface area contributed by atoms with E-state index in [9.17, 15) is 5.11 Å². The van der Waals surface area contributed by atoms with Gasteiger partial charge in [-0.2, -0.15) is 0 Å². The Labute approximate surface area is 115 Å². The summed E-state index contributed by atoms with van der Waals surface area (Å²) < 4.78 is 0. The smallest absolute Gasteiger partial charge is 0.0981 e. The molecule has 2 N–H and O–H groups in total. The van der Waals surface area contributed by atoms with Gasteiger partial charge < -0.3 is 10.4 Å². The van der Waals surface area contributed by atoms with E-state index >= 15 is 0 Å². The van der Waals surface area contributed by atoms with E-state index in [0.29, 0.717) is 12.5 Å². The van der Waals surface area contributed by atoms with Crippen molar-refractivity contribution in [2.75, 3.05) is 6.54 Å². The quantitative estimate of drug-likeness (QED) is 0.835. The number of nitrogens with zero attached hydrogens (tertiary/aromatic N) is 1. The Bertz CT molecular complexity index is 357. The first-order valence-electron chi connectivity index (χ1n) is 6.68. The molecule has 1 heterocycles. The highest BCUT2D eigenvalue weighted by molar-refractivity contribution is 7.11. The second-order valence-corrected chi connectivity index (χ2v) is 7.08. The van der Waals surface area contributed by atoms with E-state index in [-0.39, 0.29) is 11.5 Å². The Hall–Kier alpha value is -0.450. The van der Waals surface area contributed by atoms with Gasteiger partial charge in [0, 0.05) is 29.6 Å². The minimum atomic E-state index is -0.259. The summed E-state index contributed by atoms with van der Waals surface area (Å²) in [5.41, 5.74) is 0.124. The molecule has 3 nitrogen and oxygen atoms in total. The van der Waals surface area contributed by atoms with Crippen LogP contribution < -0.4 is 5.32 Å². The standard InChI is InChI=1S/C14H26N2OS/c1-6-10(2)12(17)9-15-7-11-8-16-13(18-11)14(3,4)5/h8,10,12,15,17H,6-7,9H2,1-5H3. The molecule has 1 aromatic rings. The Kier molecular flexibility index (Phi) is 5.76. The van der Waals surface area contributed by atoms with E-state index in [2.05, 4.69) is 44.9 Å². The number of nitrogens with one attached hydrogen (secondary N) is 1. The molecular weight excluding hydrogens is 244 g/mol. The van der Waals surface area contributed by atoms with Crippen molar-refractivity contribution in [2.45, 2.75) is 59.1 Å². The molecule has 1 aromatic heterocycles. The number of aliphatic hydroxyl groups is 1. The molecule has 0 amide bonds. The molecule has 0 aromatic carbocycles. The fourth-order valence-electron chi connectivity index (χ4n) is 1.55. The Morgan fingerprint density at radius 1 is 1.44 bits per heavy atom. The van der Waals surface area contributed by atoms with Crippen LogP contribution in [0.5, 0.6) is 0 Å². The third-order valence-electron chi connectivity index (χ3n) is 3.15. The molecular formula is C14H26N2OS. The van der Waals surface area contributed by atoms with E-state index in [1.807, 2.05) is 6.20 Å². The van der Waals surface area contributed by atoms with Gasteiger partial charge in [-0.05, 0) is 5.92 Å². The average Bonchev–Trinajstić information content (AvgIpc) is 2.76. The van der Waals surface area contributed by atoms with Crippen molar-refractivity contribution in [1.29, 1.82) is 0 Å². The molecule has 0 radical (unpaired) electrons. The maximum Gasteiger partial charge on any atom is 0.0981 e. The van der Waals surface area contributed by atoms with Crippen molar-refractivity contribution in [3.05, 3.63) is 16.1 Å². The fourth-order valence-corrected chi connectivity index (χ4v) is 2.49. The van der Waals surface area contributed by atoms with Crippen LogP contribution in [0.2, 0.25) is 0 Å². The maximum absolute atomic E-state index is 9.86. The summed E-state index contributed by atoms with van der Waals surface area (Å²) in [6.45, 7) is 12.2. The van der Waals surface area contributed by atoms with E-state index < -0.39 is 0 Å². The van der Waals surface area contributed by atoms with Crippen molar-refractivity contribution in [3.63, 3.8) is 0 Å². The molecule has 0 spiro atoms. The van der Waals surface area contributed by atoms with Crippen LogP contribution in [0.15, 0.2) is 6.20 Å². The number of aliphatic hydroxyl groups excluding tert-OH is 1. The van der Waals surface area contributed by atoms with Gasteiger partial charge in [-0.25, -0.2) is 4.98 Å². The highest BCUT2D eigenvalue weighted by Gasteiger charge is 2.18. The molecule has 0 saturated heterocycles. The summed E-state index contributed by atoms with van der Waals surface area (Å²) in [4.78, 5) is 5.69. The molecule has 4 heteroatoms. The first-order chi connectivity index (χ1) is 8.34. The topological polar surface area (TPSA) is 45.1 Å². The molecule has 0 fully saturated rings.